The lowest BCUT2D eigenvalue weighted by atomic mass is 10.1. The van der Waals surface area contributed by atoms with E-state index in [1.54, 1.807) is 0 Å². The molecular formula is C15H11F2NO3. The van der Waals surface area contributed by atoms with E-state index in [4.69, 9.17) is 5.11 Å². The number of amides is 1. The Labute approximate surface area is 119 Å². The first-order valence-electron chi connectivity index (χ1n) is 5.99. The van der Waals surface area contributed by atoms with Crippen LogP contribution in [0.1, 0.15) is 26.3 Å². The number of aromatic carboxylic acids is 1. The predicted molar refractivity (Wildman–Crippen MR) is 72.4 cm³/mol. The Morgan fingerprint density at radius 2 is 1.81 bits per heavy atom. The lowest BCUT2D eigenvalue weighted by Gasteiger charge is -2.08. The minimum Gasteiger partial charge on any atom is -0.478 e. The second-order valence-electron chi connectivity index (χ2n) is 4.42. The van der Waals surface area contributed by atoms with Crippen LogP contribution in [0.3, 0.4) is 0 Å². The lowest BCUT2D eigenvalue weighted by molar-refractivity contribution is 0.0696. The van der Waals surface area contributed by atoms with Crippen molar-refractivity contribution in [2.45, 2.75) is 6.92 Å². The Hall–Kier alpha value is -2.76. The van der Waals surface area contributed by atoms with Crippen LogP contribution in [0.2, 0.25) is 0 Å². The summed E-state index contributed by atoms with van der Waals surface area (Å²) in [7, 11) is 0. The van der Waals surface area contributed by atoms with Crippen LogP contribution in [-0.4, -0.2) is 17.0 Å². The number of rotatable bonds is 3. The number of hydrogen-bond acceptors (Lipinski definition) is 2. The third kappa shape index (κ3) is 3.22. The average molecular weight is 291 g/mol. The molecule has 0 saturated heterocycles. The fraction of sp³-hybridized carbons (Fsp3) is 0.0667. The van der Waals surface area contributed by atoms with Crippen molar-refractivity contribution in [3.05, 3.63) is 64.7 Å². The summed E-state index contributed by atoms with van der Waals surface area (Å²) in [5.74, 6) is -3.64. The largest absolute Gasteiger partial charge is 0.478 e. The van der Waals surface area contributed by atoms with Crippen molar-refractivity contribution >= 4 is 17.6 Å². The molecule has 0 saturated carbocycles. The van der Waals surface area contributed by atoms with Gasteiger partial charge in [0, 0.05) is 11.8 Å². The maximum Gasteiger partial charge on any atom is 0.335 e. The standard InChI is InChI=1S/C15H11F2NO3/c1-8-5-11(13(17)7-12(8)16)14(19)18-10-4-2-3-9(6-10)15(20)21/h2-7H,1H3,(H,18,19)(H,20,21). The number of carboxylic acid groups (broad SMARTS) is 1. The van der Waals surface area contributed by atoms with Gasteiger partial charge in [0.25, 0.3) is 5.91 Å². The van der Waals surface area contributed by atoms with Crippen molar-refractivity contribution in [1.82, 2.24) is 0 Å². The van der Waals surface area contributed by atoms with E-state index in [0.717, 1.165) is 6.07 Å². The third-order valence-corrected chi connectivity index (χ3v) is 2.86. The van der Waals surface area contributed by atoms with Gasteiger partial charge in [0.2, 0.25) is 0 Å². The second kappa shape index (κ2) is 5.70. The number of anilines is 1. The van der Waals surface area contributed by atoms with Gasteiger partial charge in [-0.15, -0.1) is 0 Å². The molecule has 0 heterocycles. The third-order valence-electron chi connectivity index (χ3n) is 2.86. The molecule has 0 aliphatic carbocycles. The molecule has 2 N–H and O–H groups in total. The molecule has 0 bridgehead atoms. The van der Waals surface area contributed by atoms with Crippen molar-refractivity contribution < 1.29 is 23.5 Å². The summed E-state index contributed by atoms with van der Waals surface area (Å²) >= 11 is 0. The molecular weight excluding hydrogens is 280 g/mol. The van der Waals surface area contributed by atoms with Crippen LogP contribution in [0, 0.1) is 18.6 Å². The molecule has 0 aliphatic rings. The van der Waals surface area contributed by atoms with E-state index >= 15 is 0 Å². The zero-order valence-corrected chi connectivity index (χ0v) is 11.0. The van der Waals surface area contributed by atoms with Crippen LogP contribution in [0.4, 0.5) is 14.5 Å². The van der Waals surface area contributed by atoms with E-state index in [-0.39, 0.29) is 22.4 Å². The van der Waals surface area contributed by atoms with Gasteiger partial charge < -0.3 is 10.4 Å². The van der Waals surface area contributed by atoms with Crippen LogP contribution in [0.25, 0.3) is 0 Å². The fourth-order valence-corrected chi connectivity index (χ4v) is 1.76. The van der Waals surface area contributed by atoms with Gasteiger partial charge in [0.15, 0.2) is 0 Å². The maximum atomic E-state index is 13.6. The molecule has 1 amide bonds. The number of carbonyl (C=O) groups is 2. The molecule has 0 atom stereocenters. The minimum atomic E-state index is -1.14. The van der Waals surface area contributed by atoms with Gasteiger partial charge in [-0.05, 0) is 36.8 Å². The predicted octanol–water partition coefficient (Wildman–Crippen LogP) is 3.22. The van der Waals surface area contributed by atoms with Crippen LogP contribution in [0.5, 0.6) is 0 Å². The van der Waals surface area contributed by atoms with Gasteiger partial charge in [-0.2, -0.15) is 0 Å². The van der Waals surface area contributed by atoms with Crippen LogP contribution in [0.15, 0.2) is 36.4 Å². The van der Waals surface area contributed by atoms with Crippen LogP contribution < -0.4 is 5.32 Å². The summed E-state index contributed by atoms with van der Waals surface area (Å²) in [6.45, 7) is 1.41. The second-order valence-corrected chi connectivity index (χ2v) is 4.42. The molecule has 0 aliphatic heterocycles. The van der Waals surface area contributed by atoms with E-state index in [2.05, 4.69) is 5.32 Å². The summed E-state index contributed by atoms with van der Waals surface area (Å²) in [5.41, 5.74) is 0.0281. The Morgan fingerprint density at radius 1 is 1.10 bits per heavy atom. The summed E-state index contributed by atoms with van der Waals surface area (Å²) < 4.78 is 26.8. The number of halogens is 2. The lowest BCUT2D eigenvalue weighted by Crippen LogP contribution is -2.15. The van der Waals surface area contributed by atoms with Gasteiger partial charge >= 0.3 is 5.97 Å². The van der Waals surface area contributed by atoms with Crippen molar-refractivity contribution in [3.8, 4) is 0 Å². The fourth-order valence-electron chi connectivity index (χ4n) is 1.76. The normalized spacial score (nSPS) is 10.2. The van der Waals surface area contributed by atoms with Gasteiger partial charge in [-0.1, -0.05) is 6.07 Å². The van der Waals surface area contributed by atoms with Gasteiger partial charge in [0.1, 0.15) is 11.6 Å². The molecule has 2 aromatic carbocycles. The first-order valence-corrected chi connectivity index (χ1v) is 5.99. The molecule has 21 heavy (non-hydrogen) atoms. The van der Waals surface area contributed by atoms with Gasteiger partial charge in [-0.25, -0.2) is 13.6 Å². The van der Waals surface area contributed by atoms with Crippen molar-refractivity contribution in [3.63, 3.8) is 0 Å². The number of benzene rings is 2. The molecule has 6 heteroatoms. The smallest absolute Gasteiger partial charge is 0.335 e. The summed E-state index contributed by atoms with van der Waals surface area (Å²) in [4.78, 5) is 22.8. The molecule has 0 spiro atoms. The number of carbonyl (C=O) groups excluding carboxylic acids is 1. The molecule has 0 aromatic heterocycles. The SMILES string of the molecule is Cc1cc(C(=O)Nc2cccc(C(=O)O)c2)c(F)cc1F. The van der Waals surface area contributed by atoms with Crippen LogP contribution >= 0.6 is 0 Å². The van der Waals surface area contributed by atoms with Gasteiger partial charge in [0.05, 0.1) is 11.1 Å². The highest BCUT2D eigenvalue weighted by atomic mass is 19.1. The molecule has 108 valence electrons. The number of aryl methyl sites for hydroxylation is 1. The first kappa shape index (κ1) is 14.6. The van der Waals surface area contributed by atoms with E-state index < -0.39 is 23.5 Å². The Morgan fingerprint density at radius 3 is 2.48 bits per heavy atom. The summed E-state index contributed by atoms with van der Waals surface area (Å²) in [5, 5.41) is 11.2. The summed E-state index contributed by atoms with van der Waals surface area (Å²) in [6.07, 6.45) is 0. The van der Waals surface area contributed by atoms with E-state index in [0.29, 0.717) is 6.07 Å². The van der Waals surface area contributed by atoms with Crippen LogP contribution in [-0.2, 0) is 0 Å². The highest BCUT2D eigenvalue weighted by Crippen LogP contribution is 2.17. The molecule has 4 nitrogen and oxygen atoms in total. The minimum absolute atomic E-state index is 0.0106. The number of carboxylic acids is 1. The van der Waals surface area contributed by atoms with Crippen molar-refractivity contribution in [1.29, 1.82) is 0 Å². The molecule has 0 unspecified atom stereocenters. The zero-order chi connectivity index (χ0) is 15.6. The van der Waals surface area contributed by atoms with Crippen molar-refractivity contribution in [2.24, 2.45) is 0 Å². The zero-order valence-electron chi connectivity index (χ0n) is 11.0. The highest BCUT2D eigenvalue weighted by molar-refractivity contribution is 6.05. The summed E-state index contributed by atoms with van der Waals surface area (Å²) in [6, 6.07) is 7.26. The quantitative estimate of drug-likeness (QED) is 0.912. The van der Waals surface area contributed by atoms with Crippen molar-refractivity contribution in [2.75, 3.05) is 5.32 Å². The maximum absolute atomic E-state index is 13.6. The molecule has 2 aromatic rings. The Kier molecular flexibility index (Phi) is 3.98. The van der Waals surface area contributed by atoms with Gasteiger partial charge in [-0.3, -0.25) is 4.79 Å². The Balaban J connectivity index is 2.28. The number of nitrogens with one attached hydrogen (secondary N) is 1. The topological polar surface area (TPSA) is 66.4 Å². The molecule has 0 radical (unpaired) electrons. The monoisotopic (exact) mass is 291 g/mol. The average Bonchev–Trinajstić information content (AvgIpc) is 2.43. The molecule has 2 rings (SSSR count). The van der Waals surface area contributed by atoms with E-state index in [1.165, 1.54) is 31.2 Å². The first-order chi connectivity index (χ1) is 9.88. The molecule has 0 fully saturated rings. The highest BCUT2D eigenvalue weighted by Gasteiger charge is 2.15. The van der Waals surface area contributed by atoms with E-state index in [9.17, 15) is 18.4 Å². The van der Waals surface area contributed by atoms with E-state index in [1.807, 2.05) is 0 Å². The number of hydrogen-bond donors (Lipinski definition) is 2. The Bertz CT molecular complexity index is 729.